The molecular formula is C17H17N3O7. The van der Waals surface area contributed by atoms with Gasteiger partial charge < -0.3 is 19.3 Å². The van der Waals surface area contributed by atoms with Crippen LogP contribution in [0.1, 0.15) is 5.56 Å². The molecule has 0 fully saturated rings. The molecule has 27 heavy (non-hydrogen) atoms. The third kappa shape index (κ3) is 5.08. The summed E-state index contributed by atoms with van der Waals surface area (Å²) in [5.41, 5.74) is 1.94. The van der Waals surface area contributed by atoms with E-state index in [4.69, 9.17) is 14.2 Å². The smallest absolute Gasteiger partial charge is 0.315 e. The van der Waals surface area contributed by atoms with Crippen molar-refractivity contribution in [3.63, 3.8) is 0 Å². The average molecular weight is 375 g/mol. The number of nitrogens with zero attached hydrogens (tertiary/aromatic N) is 2. The largest absolute Gasteiger partial charge is 0.500 e. The van der Waals surface area contributed by atoms with Gasteiger partial charge in [0.15, 0.2) is 23.9 Å². The lowest BCUT2D eigenvalue weighted by atomic mass is 10.2. The summed E-state index contributed by atoms with van der Waals surface area (Å²) < 4.78 is 15.3. The average Bonchev–Trinajstić information content (AvgIpc) is 2.67. The lowest BCUT2D eigenvalue weighted by Gasteiger charge is -2.09. The molecule has 0 saturated heterocycles. The number of carbonyl (C=O) groups excluding carboxylic acids is 1. The first-order valence-corrected chi connectivity index (χ1v) is 7.59. The number of hydrogen-bond acceptors (Lipinski definition) is 8. The van der Waals surface area contributed by atoms with Crippen molar-refractivity contribution in [2.24, 2.45) is 5.10 Å². The van der Waals surface area contributed by atoms with Crippen molar-refractivity contribution < 1.29 is 29.0 Å². The van der Waals surface area contributed by atoms with E-state index in [1.807, 2.05) is 0 Å². The molecule has 2 aromatic carbocycles. The van der Waals surface area contributed by atoms with Gasteiger partial charge in [0.05, 0.1) is 25.4 Å². The van der Waals surface area contributed by atoms with E-state index >= 15 is 0 Å². The first kappa shape index (κ1) is 19.5. The number of methoxy groups -OCH3 is 2. The van der Waals surface area contributed by atoms with E-state index in [-0.39, 0.29) is 17.9 Å². The number of phenols is 1. The Kier molecular flexibility index (Phi) is 6.53. The number of amides is 1. The van der Waals surface area contributed by atoms with E-state index < -0.39 is 22.3 Å². The van der Waals surface area contributed by atoms with E-state index in [2.05, 4.69) is 10.5 Å². The number of rotatable bonds is 8. The van der Waals surface area contributed by atoms with Gasteiger partial charge in [-0.1, -0.05) is 12.1 Å². The van der Waals surface area contributed by atoms with Gasteiger partial charge in [-0.05, 0) is 18.2 Å². The molecule has 0 bridgehead atoms. The van der Waals surface area contributed by atoms with E-state index in [1.54, 1.807) is 24.3 Å². The Morgan fingerprint density at radius 3 is 2.52 bits per heavy atom. The topological polar surface area (TPSA) is 133 Å². The van der Waals surface area contributed by atoms with Crippen LogP contribution in [-0.2, 0) is 4.79 Å². The molecule has 142 valence electrons. The van der Waals surface area contributed by atoms with Gasteiger partial charge in [-0.25, -0.2) is 5.43 Å². The minimum absolute atomic E-state index is 0.0866. The number of hydrogen-bond donors (Lipinski definition) is 2. The second-order valence-corrected chi connectivity index (χ2v) is 5.08. The van der Waals surface area contributed by atoms with Crippen molar-refractivity contribution in [3.8, 4) is 23.0 Å². The lowest BCUT2D eigenvalue weighted by Crippen LogP contribution is -2.24. The van der Waals surface area contributed by atoms with Crippen LogP contribution in [0.15, 0.2) is 41.5 Å². The summed E-state index contributed by atoms with van der Waals surface area (Å²) in [4.78, 5) is 22.0. The van der Waals surface area contributed by atoms with Gasteiger partial charge in [-0.3, -0.25) is 14.9 Å². The van der Waals surface area contributed by atoms with Crippen molar-refractivity contribution in [3.05, 3.63) is 52.1 Å². The predicted molar refractivity (Wildman–Crippen MR) is 95.5 cm³/mol. The molecule has 0 unspecified atom stereocenters. The number of nitro benzene ring substituents is 1. The van der Waals surface area contributed by atoms with Crippen molar-refractivity contribution in [2.75, 3.05) is 20.8 Å². The van der Waals surface area contributed by atoms with Crippen LogP contribution in [0.5, 0.6) is 23.0 Å². The normalized spacial score (nSPS) is 10.4. The van der Waals surface area contributed by atoms with Crippen molar-refractivity contribution in [2.45, 2.75) is 0 Å². The van der Waals surface area contributed by atoms with E-state index in [9.17, 15) is 20.0 Å². The van der Waals surface area contributed by atoms with Crippen LogP contribution in [0, 0.1) is 10.1 Å². The summed E-state index contributed by atoms with van der Waals surface area (Å²) in [6, 6.07) is 9.27. The number of benzene rings is 2. The molecule has 0 aliphatic carbocycles. The number of para-hydroxylation sites is 2. The maximum atomic E-state index is 11.8. The molecule has 2 rings (SSSR count). The molecule has 0 spiro atoms. The fraction of sp³-hybridized carbons (Fsp3) is 0.176. The minimum Gasteiger partial charge on any atom is -0.500 e. The van der Waals surface area contributed by atoms with Crippen LogP contribution < -0.4 is 19.6 Å². The summed E-state index contributed by atoms with van der Waals surface area (Å²) >= 11 is 0. The molecule has 0 radical (unpaired) electrons. The van der Waals surface area contributed by atoms with Gasteiger partial charge >= 0.3 is 5.69 Å². The molecular weight excluding hydrogens is 358 g/mol. The highest BCUT2D eigenvalue weighted by Gasteiger charge is 2.19. The minimum atomic E-state index is -0.755. The lowest BCUT2D eigenvalue weighted by molar-refractivity contribution is -0.386. The van der Waals surface area contributed by atoms with E-state index in [0.717, 1.165) is 6.07 Å². The Hall–Kier alpha value is -3.82. The molecule has 0 saturated carbocycles. The number of phenolic OH excluding ortho intramolecular Hbond substituents is 1. The summed E-state index contributed by atoms with van der Waals surface area (Å²) in [6.07, 6.45) is 1.18. The SMILES string of the molecule is COc1ccccc1OCC(=O)N/N=C/c1cc(OC)c(O)c([N+](=O)[O-])c1. The number of ether oxygens (including phenoxy) is 3. The Labute approximate surface area is 154 Å². The molecule has 0 heterocycles. The zero-order valence-electron chi connectivity index (χ0n) is 14.5. The first-order chi connectivity index (χ1) is 13.0. The highest BCUT2D eigenvalue weighted by Crippen LogP contribution is 2.36. The number of aromatic hydroxyl groups is 1. The van der Waals surface area contributed by atoms with E-state index in [0.29, 0.717) is 11.5 Å². The van der Waals surface area contributed by atoms with Crippen LogP contribution >= 0.6 is 0 Å². The molecule has 0 aliphatic rings. The van der Waals surface area contributed by atoms with Crippen molar-refractivity contribution in [1.82, 2.24) is 5.43 Å². The second kappa shape index (κ2) is 9.04. The van der Waals surface area contributed by atoms with Gasteiger partial charge in [0.2, 0.25) is 5.75 Å². The highest BCUT2D eigenvalue weighted by molar-refractivity contribution is 5.85. The Morgan fingerprint density at radius 1 is 1.22 bits per heavy atom. The zero-order valence-corrected chi connectivity index (χ0v) is 14.5. The van der Waals surface area contributed by atoms with Crippen LogP contribution in [0.2, 0.25) is 0 Å². The van der Waals surface area contributed by atoms with Crippen LogP contribution in [0.25, 0.3) is 0 Å². The maximum absolute atomic E-state index is 11.8. The summed E-state index contributed by atoms with van der Waals surface area (Å²) in [6.45, 7) is -0.309. The highest BCUT2D eigenvalue weighted by atomic mass is 16.6. The zero-order chi connectivity index (χ0) is 19.8. The number of hydrazone groups is 1. The van der Waals surface area contributed by atoms with Crippen LogP contribution in [-0.4, -0.2) is 43.0 Å². The predicted octanol–water partition coefficient (Wildman–Crippen LogP) is 1.85. The summed E-state index contributed by atoms with van der Waals surface area (Å²) in [5, 5.41) is 24.4. The molecule has 0 aliphatic heterocycles. The van der Waals surface area contributed by atoms with Crippen molar-refractivity contribution >= 4 is 17.8 Å². The second-order valence-electron chi connectivity index (χ2n) is 5.08. The number of carbonyl (C=O) groups is 1. The summed E-state index contributed by atoms with van der Waals surface area (Å²) in [7, 11) is 2.74. The van der Waals surface area contributed by atoms with Gasteiger partial charge in [0.25, 0.3) is 5.91 Å². The first-order valence-electron chi connectivity index (χ1n) is 7.59. The third-order valence-electron chi connectivity index (χ3n) is 3.32. The van der Waals surface area contributed by atoms with Gasteiger partial charge in [-0.2, -0.15) is 5.10 Å². The summed E-state index contributed by atoms with van der Waals surface area (Å²) in [5.74, 6) is -0.335. The molecule has 2 N–H and O–H groups in total. The molecule has 2 aromatic rings. The molecule has 0 aromatic heterocycles. The van der Waals surface area contributed by atoms with Gasteiger partial charge in [0.1, 0.15) is 0 Å². The quantitative estimate of drug-likeness (QED) is 0.409. The molecule has 10 nitrogen and oxygen atoms in total. The molecule has 10 heteroatoms. The van der Waals surface area contributed by atoms with Crippen LogP contribution in [0.3, 0.4) is 0 Å². The monoisotopic (exact) mass is 375 g/mol. The Morgan fingerprint density at radius 2 is 1.89 bits per heavy atom. The van der Waals surface area contributed by atoms with Crippen molar-refractivity contribution in [1.29, 1.82) is 0 Å². The molecule has 1 amide bonds. The Bertz CT molecular complexity index is 868. The fourth-order valence-electron chi connectivity index (χ4n) is 2.08. The number of nitrogens with one attached hydrogen (secondary N) is 1. The van der Waals surface area contributed by atoms with E-state index in [1.165, 1.54) is 26.5 Å². The standard InChI is InChI=1S/C17H17N3O7/c1-25-13-5-3-4-6-14(13)27-10-16(21)19-18-9-11-7-12(20(23)24)17(22)15(8-11)26-2/h3-9,22H,10H2,1-2H3,(H,19,21)/b18-9+. The van der Waals surface area contributed by atoms with Crippen LogP contribution in [0.4, 0.5) is 5.69 Å². The van der Waals surface area contributed by atoms with Gasteiger partial charge in [-0.15, -0.1) is 0 Å². The molecule has 0 atom stereocenters. The third-order valence-corrected chi connectivity index (χ3v) is 3.32. The fourth-order valence-corrected chi connectivity index (χ4v) is 2.08. The van der Waals surface area contributed by atoms with Gasteiger partial charge in [0, 0.05) is 11.6 Å². The number of nitro groups is 1. The Balaban J connectivity index is 1.99. The maximum Gasteiger partial charge on any atom is 0.315 e.